The molecule has 1 aromatic rings. The Balaban J connectivity index is 2.61. The van der Waals surface area contributed by atoms with Gasteiger partial charge in [0, 0.05) is 13.1 Å². The number of nitrogens with one attached hydrogen (secondary N) is 2. The highest BCUT2D eigenvalue weighted by atomic mass is 32.2. The van der Waals surface area contributed by atoms with E-state index in [1.54, 1.807) is 18.2 Å². The molecule has 0 atom stereocenters. The van der Waals surface area contributed by atoms with Crippen LogP contribution in [0.3, 0.4) is 0 Å². The third-order valence-corrected chi connectivity index (χ3v) is 4.04. The van der Waals surface area contributed by atoms with E-state index in [9.17, 15) is 17.2 Å². The van der Waals surface area contributed by atoms with Crippen LogP contribution in [-0.2, 0) is 14.8 Å². The Morgan fingerprint density at radius 1 is 1.24 bits per heavy atom. The molecule has 0 aliphatic rings. The van der Waals surface area contributed by atoms with E-state index in [2.05, 4.69) is 14.8 Å². The molecule has 8 heteroatoms. The third kappa shape index (κ3) is 6.36. The van der Waals surface area contributed by atoms with E-state index in [-0.39, 0.29) is 18.0 Å². The molecule has 0 amide bonds. The molecule has 0 aliphatic carbocycles. The van der Waals surface area contributed by atoms with Crippen molar-refractivity contribution in [3.8, 4) is 0 Å². The number of para-hydroxylation sites is 1. The number of anilines is 1. The minimum atomic E-state index is -3.70. The van der Waals surface area contributed by atoms with Crippen LogP contribution in [0.25, 0.3) is 0 Å². The molecule has 1 rings (SSSR count). The van der Waals surface area contributed by atoms with Gasteiger partial charge < -0.3 is 10.1 Å². The van der Waals surface area contributed by atoms with Crippen molar-refractivity contribution in [3.05, 3.63) is 24.3 Å². The van der Waals surface area contributed by atoms with Gasteiger partial charge in [0.15, 0.2) is 0 Å². The quantitative estimate of drug-likeness (QED) is 0.647. The highest BCUT2D eigenvalue weighted by Crippen LogP contribution is 2.20. The molecular weight excluding hydrogens is 302 g/mol. The molecule has 1 aromatic carbocycles. The molecule has 0 saturated heterocycles. The lowest BCUT2D eigenvalue weighted by Gasteiger charge is -2.12. The van der Waals surface area contributed by atoms with Crippen LogP contribution in [-0.4, -0.2) is 41.1 Å². The van der Waals surface area contributed by atoms with Crippen molar-refractivity contribution in [1.82, 2.24) is 4.72 Å². The number of sulfonamides is 1. The molecule has 0 radical (unpaired) electrons. The van der Waals surface area contributed by atoms with E-state index in [4.69, 9.17) is 0 Å². The molecule has 0 heterocycles. The lowest BCUT2D eigenvalue weighted by atomic mass is 10.3. The molecule has 0 aromatic heterocycles. The molecule has 5 nitrogen and oxygen atoms in total. The number of ether oxygens (including phenoxy) is 1. The third-order valence-electron chi connectivity index (χ3n) is 2.52. The number of alkyl halides is 2. The minimum Gasteiger partial charge on any atom is -0.384 e. The normalized spacial score (nSPS) is 11.8. The van der Waals surface area contributed by atoms with Crippen LogP contribution >= 0.6 is 0 Å². The largest absolute Gasteiger partial charge is 0.384 e. The summed E-state index contributed by atoms with van der Waals surface area (Å²) < 4.78 is 55.0. The number of rotatable bonds is 10. The van der Waals surface area contributed by atoms with E-state index >= 15 is 0 Å². The Morgan fingerprint density at radius 2 is 1.95 bits per heavy atom. The zero-order valence-corrected chi connectivity index (χ0v) is 12.6. The maximum absolute atomic E-state index is 12.2. The van der Waals surface area contributed by atoms with Crippen molar-refractivity contribution in [2.24, 2.45) is 0 Å². The van der Waals surface area contributed by atoms with Gasteiger partial charge in [0.05, 0.1) is 12.3 Å². The number of hydrogen-bond donors (Lipinski definition) is 2. The average Bonchev–Trinajstić information content (AvgIpc) is 2.44. The molecule has 0 saturated carbocycles. The van der Waals surface area contributed by atoms with Crippen LogP contribution in [0.2, 0.25) is 0 Å². The summed E-state index contributed by atoms with van der Waals surface area (Å²) in [6.45, 7) is 1.77. The molecule has 0 spiro atoms. The predicted octanol–water partition coefficient (Wildman–Crippen LogP) is 2.07. The second-order valence-electron chi connectivity index (χ2n) is 4.29. The second-order valence-corrected chi connectivity index (χ2v) is 6.02. The average molecular weight is 322 g/mol. The lowest BCUT2D eigenvalue weighted by molar-refractivity contribution is 0.0199. The van der Waals surface area contributed by atoms with Gasteiger partial charge in [0.25, 0.3) is 6.43 Å². The Hall–Kier alpha value is -1.25. The van der Waals surface area contributed by atoms with Gasteiger partial charge in [-0.25, -0.2) is 21.9 Å². The summed E-state index contributed by atoms with van der Waals surface area (Å²) in [4.78, 5) is 0.132. The van der Waals surface area contributed by atoms with Gasteiger partial charge in [-0.3, -0.25) is 0 Å². The summed E-state index contributed by atoms with van der Waals surface area (Å²) in [6, 6.07) is 6.53. The molecular formula is C13H20F2N2O3S. The first kappa shape index (κ1) is 17.8. The predicted molar refractivity (Wildman–Crippen MR) is 77.2 cm³/mol. The molecule has 2 N–H and O–H groups in total. The Kier molecular flexibility index (Phi) is 7.55. The lowest BCUT2D eigenvalue weighted by Crippen LogP contribution is -2.28. The molecule has 0 fully saturated rings. The zero-order valence-electron chi connectivity index (χ0n) is 11.8. The number of halogens is 2. The summed E-state index contributed by atoms with van der Waals surface area (Å²) in [5.74, 6) is 0. The van der Waals surface area contributed by atoms with Crippen molar-refractivity contribution < 1.29 is 21.9 Å². The fourth-order valence-corrected chi connectivity index (χ4v) is 2.80. The topological polar surface area (TPSA) is 67.4 Å². The van der Waals surface area contributed by atoms with Gasteiger partial charge >= 0.3 is 0 Å². The second kappa shape index (κ2) is 8.91. The van der Waals surface area contributed by atoms with Gasteiger partial charge in [0.1, 0.15) is 11.5 Å². The van der Waals surface area contributed by atoms with Gasteiger partial charge in [-0.05, 0) is 18.6 Å². The summed E-state index contributed by atoms with van der Waals surface area (Å²) in [5, 5.41) is 3.04. The van der Waals surface area contributed by atoms with E-state index in [1.807, 2.05) is 6.92 Å². The molecule has 120 valence electrons. The zero-order chi connectivity index (χ0) is 15.7. The maximum Gasteiger partial charge on any atom is 0.261 e. The van der Waals surface area contributed by atoms with Crippen LogP contribution in [0.4, 0.5) is 14.5 Å². The number of benzene rings is 1. The highest BCUT2D eigenvalue weighted by Gasteiger charge is 2.17. The SMILES string of the molecule is CCCNc1ccccc1S(=O)(=O)NCCOCC(F)F. The fourth-order valence-electron chi connectivity index (χ4n) is 1.61. The summed E-state index contributed by atoms with van der Waals surface area (Å²) >= 11 is 0. The van der Waals surface area contributed by atoms with Gasteiger partial charge in [-0.2, -0.15) is 0 Å². The van der Waals surface area contributed by atoms with Gasteiger partial charge in [-0.1, -0.05) is 19.1 Å². The maximum atomic E-state index is 12.2. The molecule has 21 heavy (non-hydrogen) atoms. The van der Waals surface area contributed by atoms with Crippen molar-refractivity contribution >= 4 is 15.7 Å². The van der Waals surface area contributed by atoms with Crippen molar-refractivity contribution in [3.63, 3.8) is 0 Å². The van der Waals surface area contributed by atoms with E-state index in [0.29, 0.717) is 12.2 Å². The van der Waals surface area contributed by atoms with E-state index in [0.717, 1.165) is 6.42 Å². The monoisotopic (exact) mass is 322 g/mol. The van der Waals surface area contributed by atoms with Gasteiger partial charge in [0.2, 0.25) is 10.0 Å². The Labute approximate surface area is 123 Å². The van der Waals surface area contributed by atoms with E-state index < -0.39 is 23.1 Å². The molecule has 0 bridgehead atoms. The Morgan fingerprint density at radius 3 is 2.62 bits per heavy atom. The van der Waals surface area contributed by atoms with E-state index in [1.165, 1.54) is 6.07 Å². The first-order chi connectivity index (χ1) is 9.97. The molecule has 0 aliphatic heterocycles. The highest BCUT2D eigenvalue weighted by molar-refractivity contribution is 7.89. The summed E-state index contributed by atoms with van der Waals surface area (Å²) in [6.07, 6.45) is -1.69. The van der Waals surface area contributed by atoms with Crippen LogP contribution in [0.15, 0.2) is 29.2 Å². The molecule has 0 unspecified atom stereocenters. The van der Waals surface area contributed by atoms with Crippen LogP contribution < -0.4 is 10.0 Å². The van der Waals surface area contributed by atoms with Crippen LogP contribution in [0.5, 0.6) is 0 Å². The van der Waals surface area contributed by atoms with Crippen molar-refractivity contribution in [1.29, 1.82) is 0 Å². The van der Waals surface area contributed by atoms with Crippen molar-refractivity contribution in [2.75, 3.05) is 31.6 Å². The van der Waals surface area contributed by atoms with Crippen molar-refractivity contribution in [2.45, 2.75) is 24.7 Å². The number of hydrogen-bond acceptors (Lipinski definition) is 4. The fraction of sp³-hybridized carbons (Fsp3) is 0.538. The smallest absolute Gasteiger partial charge is 0.261 e. The first-order valence-electron chi connectivity index (χ1n) is 6.66. The van der Waals surface area contributed by atoms with Gasteiger partial charge in [-0.15, -0.1) is 0 Å². The minimum absolute atomic E-state index is 0.0584. The summed E-state index contributed by atoms with van der Waals surface area (Å²) in [7, 11) is -3.70. The summed E-state index contributed by atoms with van der Waals surface area (Å²) in [5.41, 5.74) is 0.514. The van der Waals surface area contributed by atoms with Crippen LogP contribution in [0, 0.1) is 0 Å². The van der Waals surface area contributed by atoms with Crippen LogP contribution in [0.1, 0.15) is 13.3 Å². The standard InChI is InChI=1S/C13H20F2N2O3S/c1-2-7-16-11-5-3-4-6-12(11)21(18,19)17-8-9-20-10-13(14)15/h3-6,13,16-17H,2,7-10H2,1H3. The Bertz CT molecular complexity index is 524. The first-order valence-corrected chi connectivity index (χ1v) is 8.14.